The third-order valence-electron chi connectivity index (χ3n) is 4.36. The Kier molecular flexibility index (Phi) is 5.30. The van der Waals surface area contributed by atoms with Crippen molar-refractivity contribution in [3.05, 3.63) is 24.3 Å². The van der Waals surface area contributed by atoms with Gasteiger partial charge in [-0.2, -0.15) is 0 Å². The van der Waals surface area contributed by atoms with Gasteiger partial charge in [0.25, 0.3) is 0 Å². The molecule has 1 aliphatic rings. The van der Waals surface area contributed by atoms with E-state index in [2.05, 4.69) is 42.7 Å². The number of nitrogen functional groups attached to an aromatic ring is 1. The number of unbranched alkanes of at least 4 members (excludes halogenated alkanes) is 1. The molecule has 1 saturated heterocycles. The van der Waals surface area contributed by atoms with E-state index < -0.39 is 0 Å². The van der Waals surface area contributed by atoms with Crippen molar-refractivity contribution in [3.63, 3.8) is 0 Å². The maximum absolute atomic E-state index is 5.78. The Morgan fingerprint density at radius 2 is 1.90 bits per heavy atom. The third kappa shape index (κ3) is 3.66. The number of hydrogen-bond acceptors (Lipinski definition) is 3. The Balaban J connectivity index is 2.03. The summed E-state index contributed by atoms with van der Waals surface area (Å²) in [6.07, 6.45) is 2.59. The molecule has 0 radical (unpaired) electrons. The lowest BCUT2D eigenvalue weighted by atomic mass is 9.98. The lowest BCUT2D eigenvalue weighted by Gasteiger charge is -2.44. The molecule has 0 spiro atoms. The van der Waals surface area contributed by atoms with Crippen molar-refractivity contribution in [2.24, 2.45) is 5.92 Å². The second kappa shape index (κ2) is 6.98. The van der Waals surface area contributed by atoms with Crippen molar-refractivity contribution in [1.82, 2.24) is 4.90 Å². The summed E-state index contributed by atoms with van der Waals surface area (Å²) >= 11 is 0. The smallest absolute Gasteiger partial charge is 0.0368 e. The highest BCUT2D eigenvalue weighted by Gasteiger charge is 2.28. The zero-order chi connectivity index (χ0) is 14.5. The van der Waals surface area contributed by atoms with E-state index in [-0.39, 0.29) is 0 Å². The number of nitrogens with two attached hydrogens (primary N) is 1. The fourth-order valence-electron chi connectivity index (χ4n) is 3.04. The van der Waals surface area contributed by atoms with Gasteiger partial charge in [-0.25, -0.2) is 0 Å². The van der Waals surface area contributed by atoms with Crippen LogP contribution in [0.5, 0.6) is 0 Å². The first-order chi connectivity index (χ1) is 9.61. The lowest BCUT2D eigenvalue weighted by molar-refractivity contribution is 0.136. The van der Waals surface area contributed by atoms with Crippen LogP contribution in [0.25, 0.3) is 0 Å². The van der Waals surface area contributed by atoms with Crippen molar-refractivity contribution >= 4 is 11.4 Å². The predicted octanol–water partition coefficient (Wildman–Crippen LogP) is 3.22. The molecule has 2 rings (SSSR count). The van der Waals surface area contributed by atoms with E-state index >= 15 is 0 Å². The van der Waals surface area contributed by atoms with Gasteiger partial charge in [0.05, 0.1) is 0 Å². The zero-order valence-corrected chi connectivity index (χ0v) is 13.2. The Morgan fingerprint density at radius 3 is 2.50 bits per heavy atom. The summed E-state index contributed by atoms with van der Waals surface area (Å²) in [6.45, 7) is 11.6. The van der Waals surface area contributed by atoms with Crippen LogP contribution in [0.3, 0.4) is 0 Å². The number of benzene rings is 1. The van der Waals surface area contributed by atoms with Gasteiger partial charge >= 0.3 is 0 Å². The first-order valence-electron chi connectivity index (χ1n) is 7.96. The second-order valence-corrected chi connectivity index (χ2v) is 6.24. The van der Waals surface area contributed by atoms with Crippen LogP contribution in [0.1, 0.15) is 33.6 Å². The van der Waals surface area contributed by atoms with Crippen molar-refractivity contribution in [1.29, 1.82) is 0 Å². The number of piperazine rings is 1. The Bertz CT molecular complexity index is 399. The Hall–Kier alpha value is -1.22. The molecule has 1 fully saturated rings. The van der Waals surface area contributed by atoms with Crippen LogP contribution in [0.15, 0.2) is 24.3 Å². The fraction of sp³-hybridized carbons (Fsp3) is 0.647. The van der Waals surface area contributed by atoms with Crippen LogP contribution in [0.4, 0.5) is 11.4 Å². The third-order valence-corrected chi connectivity index (χ3v) is 4.36. The van der Waals surface area contributed by atoms with Crippen LogP contribution >= 0.6 is 0 Å². The molecule has 1 heterocycles. The van der Waals surface area contributed by atoms with Gasteiger partial charge in [0.2, 0.25) is 0 Å². The molecule has 0 aliphatic carbocycles. The highest BCUT2D eigenvalue weighted by Crippen LogP contribution is 2.23. The van der Waals surface area contributed by atoms with Crippen LogP contribution < -0.4 is 10.6 Å². The summed E-state index contributed by atoms with van der Waals surface area (Å²) in [5, 5.41) is 0. The molecule has 2 N–H and O–H groups in total. The SMILES string of the molecule is CCCCN1CCN(c2ccc(N)cc2)CC1C(C)C. The van der Waals surface area contributed by atoms with Gasteiger partial charge in [0.15, 0.2) is 0 Å². The molecule has 112 valence electrons. The maximum atomic E-state index is 5.78. The van der Waals surface area contributed by atoms with E-state index in [0.717, 1.165) is 18.8 Å². The lowest BCUT2D eigenvalue weighted by Crippen LogP contribution is -2.55. The minimum absolute atomic E-state index is 0.660. The molecular formula is C17H29N3. The summed E-state index contributed by atoms with van der Waals surface area (Å²) in [4.78, 5) is 5.19. The van der Waals surface area contributed by atoms with Gasteiger partial charge in [-0.15, -0.1) is 0 Å². The normalized spacial score (nSPS) is 20.6. The largest absolute Gasteiger partial charge is 0.399 e. The monoisotopic (exact) mass is 275 g/mol. The molecule has 1 aromatic carbocycles. The highest BCUT2D eigenvalue weighted by atomic mass is 15.3. The summed E-state index contributed by atoms with van der Waals surface area (Å²) in [6, 6.07) is 8.96. The van der Waals surface area contributed by atoms with E-state index in [1.807, 2.05) is 12.1 Å². The summed E-state index contributed by atoms with van der Waals surface area (Å²) in [5.74, 6) is 0.698. The molecule has 3 nitrogen and oxygen atoms in total. The van der Waals surface area contributed by atoms with Crippen LogP contribution in [0, 0.1) is 5.92 Å². The summed E-state index contributed by atoms with van der Waals surface area (Å²) in [7, 11) is 0. The highest BCUT2D eigenvalue weighted by molar-refractivity contribution is 5.53. The number of nitrogens with zero attached hydrogens (tertiary/aromatic N) is 2. The Labute approximate surface area is 123 Å². The summed E-state index contributed by atoms with van der Waals surface area (Å²) < 4.78 is 0. The molecule has 0 amide bonds. The zero-order valence-electron chi connectivity index (χ0n) is 13.2. The van der Waals surface area contributed by atoms with Gasteiger partial charge in [-0.1, -0.05) is 27.2 Å². The molecule has 3 heteroatoms. The van der Waals surface area contributed by atoms with E-state index in [9.17, 15) is 0 Å². The number of rotatable bonds is 5. The van der Waals surface area contributed by atoms with Gasteiger partial charge < -0.3 is 10.6 Å². The maximum Gasteiger partial charge on any atom is 0.0368 e. The molecule has 0 saturated carbocycles. The van der Waals surface area contributed by atoms with E-state index in [1.54, 1.807) is 0 Å². The average Bonchev–Trinajstić information content (AvgIpc) is 2.45. The van der Waals surface area contributed by atoms with Crippen LogP contribution in [-0.2, 0) is 0 Å². The molecule has 0 bridgehead atoms. The fourth-order valence-corrected chi connectivity index (χ4v) is 3.04. The van der Waals surface area contributed by atoms with Crippen LogP contribution in [0.2, 0.25) is 0 Å². The molecule has 0 aromatic heterocycles. The van der Waals surface area contributed by atoms with E-state index in [4.69, 9.17) is 5.73 Å². The standard InChI is InChI=1S/C17H29N3/c1-4-5-10-19-11-12-20(13-17(19)14(2)3)16-8-6-15(18)7-9-16/h6-9,14,17H,4-5,10-13,18H2,1-3H3. The molecule has 1 aliphatic heterocycles. The number of hydrogen-bond donors (Lipinski definition) is 1. The van der Waals surface area contributed by atoms with Crippen molar-refractivity contribution in [2.75, 3.05) is 36.8 Å². The first-order valence-corrected chi connectivity index (χ1v) is 7.96. The molecular weight excluding hydrogens is 246 g/mol. The van der Waals surface area contributed by atoms with Gasteiger partial charge in [-0.05, 0) is 43.1 Å². The van der Waals surface area contributed by atoms with Gasteiger partial charge in [-0.3, -0.25) is 4.90 Å². The minimum Gasteiger partial charge on any atom is -0.399 e. The molecule has 1 atom stereocenters. The first kappa shape index (κ1) is 15.2. The number of anilines is 2. The molecule has 20 heavy (non-hydrogen) atoms. The van der Waals surface area contributed by atoms with E-state index in [0.29, 0.717) is 12.0 Å². The van der Waals surface area contributed by atoms with Gasteiger partial charge in [0, 0.05) is 37.1 Å². The quantitative estimate of drug-likeness (QED) is 0.838. The molecule has 1 unspecified atom stereocenters. The molecule has 1 aromatic rings. The Morgan fingerprint density at radius 1 is 1.20 bits per heavy atom. The van der Waals surface area contributed by atoms with Crippen molar-refractivity contribution in [2.45, 2.75) is 39.7 Å². The predicted molar refractivity (Wildman–Crippen MR) is 88.2 cm³/mol. The summed E-state index contributed by atoms with van der Waals surface area (Å²) in [5.41, 5.74) is 7.93. The van der Waals surface area contributed by atoms with E-state index in [1.165, 1.54) is 31.6 Å². The van der Waals surface area contributed by atoms with Crippen molar-refractivity contribution < 1.29 is 0 Å². The topological polar surface area (TPSA) is 32.5 Å². The minimum atomic E-state index is 0.660. The average molecular weight is 275 g/mol. The van der Waals surface area contributed by atoms with Crippen molar-refractivity contribution in [3.8, 4) is 0 Å². The van der Waals surface area contributed by atoms with Gasteiger partial charge in [0.1, 0.15) is 0 Å². The van der Waals surface area contributed by atoms with Crippen LogP contribution in [-0.4, -0.2) is 37.1 Å². The second-order valence-electron chi connectivity index (χ2n) is 6.24.